The molecule has 6 nitrogen and oxygen atoms in total. The first-order valence-corrected chi connectivity index (χ1v) is 5.96. The van der Waals surface area contributed by atoms with E-state index in [2.05, 4.69) is 0 Å². The molecule has 2 rings (SSSR count). The molecule has 1 aromatic rings. The molecule has 0 radical (unpaired) electrons. The van der Waals surface area contributed by atoms with Crippen LogP contribution in [0.3, 0.4) is 0 Å². The van der Waals surface area contributed by atoms with Gasteiger partial charge in [-0.25, -0.2) is 0 Å². The number of methoxy groups -OCH3 is 2. The third kappa shape index (κ3) is 2.44. The Morgan fingerprint density at radius 1 is 1.53 bits per heavy atom. The number of benzene rings is 1. The predicted molar refractivity (Wildman–Crippen MR) is 68.1 cm³/mol. The molecule has 0 saturated heterocycles. The maximum atomic E-state index is 10.9. The van der Waals surface area contributed by atoms with E-state index in [1.807, 2.05) is 0 Å². The van der Waals surface area contributed by atoms with E-state index in [-0.39, 0.29) is 6.42 Å². The topological polar surface area (TPSA) is 91.0 Å². The van der Waals surface area contributed by atoms with Crippen molar-refractivity contribution in [3.63, 3.8) is 0 Å². The fourth-order valence-electron chi connectivity index (χ4n) is 2.24. The molecule has 19 heavy (non-hydrogen) atoms. The van der Waals surface area contributed by atoms with E-state index < -0.39 is 12.0 Å². The number of fused-ring (bicyclic) bond motifs is 1. The Labute approximate surface area is 111 Å². The summed E-state index contributed by atoms with van der Waals surface area (Å²) in [5.41, 5.74) is 7.38. The SMILES string of the molecule is COc1cc(C[C@@H](N)C(=O)O)c2c(c1OC)OCC2. The summed E-state index contributed by atoms with van der Waals surface area (Å²) in [5.74, 6) is 0.676. The van der Waals surface area contributed by atoms with Crippen molar-refractivity contribution < 1.29 is 24.1 Å². The van der Waals surface area contributed by atoms with Crippen LogP contribution >= 0.6 is 0 Å². The molecule has 1 aliphatic heterocycles. The smallest absolute Gasteiger partial charge is 0.320 e. The van der Waals surface area contributed by atoms with E-state index >= 15 is 0 Å². The minimum atomic E-state index is -1.03. The molecule has 0 aliphatic carbocycles. The van der Waals surface area contributed by atoms with Crippen molar-refractivity contribution in [2.24, 2.45) is 5.73 Å². The van der Waals surface area contributed by atoms with Crippen LogP contribution < -0.4 is 19.9 Å². The Bertz CT molecular complexity index is 500. The van der Waals surface area contributed by atoms with Crippen LogP contribution in [0.15, 0.2) is 6.07 Å². The van der Waals surface area contributed by atoms with Crippen LogP contribution in [0.2, 0.25) is 0 Å². The summed E-state index contributed by atoms with van der Waals surface area (Å²) in [7, 11) is 3.07. The molecule has 0 fully saturated rings. The zero-order valence-electron chi connectivity index (χ0n) is 10.9. The van der Waals surface area contributed by atoms with Gasteiger partial charge < -0.3 is 25.1 Å². The molecule has 1 aromatic carbocycles. The largest absolute Gasteiger partial charge is 0.493 e. The quantitative estimate of drug-likeness (QED) is 0.811. The lowest BCUT2D eigenvalue weighted by atomic mass is 9.98. The van der Waals surface area contributed by atoms with E-state index in [4.69, 9.17) is 25.1 Å². The monoisotopic (exact) mass is 267 g/mol. The molecule has 6 heteroatoms. The summed E-state index contributed by atoms with van der Waals surface area (Å²) in [4.78, 5) is 10.9. The van der Waals surface area contributed by atoms with Crippen LogP contribution in [0.4, 0.5) is 0 Å². The maximum absolute atomic E-state index is 10.9. The fourth-order valence-corrected chi connectivity index (χ4v) is 2.24. The van der Waals surface area contributed by atoms with Crippen LogP contribution in [0, 0.1) is 0 Å². The standard InChI is InChI=1S/C13H17NO5/c1-17-10-6-7(5-9(14)13(15)16)8-3-4-19-11(8)12(10)18-2/h6,9H,3-5,14H2,1-2H3,(H,15,16)/t9-/m1/s1. The number of carboxylic acids is 1. The normalized spacial score (nSPS) is 14.5. The molecular weight excluding hydrogens is 250 g/mol. The van der Waals surface area contributed by atoms with Crippen LogP contribution in [0.5, 0.6) is 17.2 Å². The minimum absolute atomic E-state index is 0.237. The summed E-state index contributed by atoms with van der Waals surface area (Å²) in [5, 5.41) is 8.91. The van der Waals surface area contributed by atoms with Gasteiger partial charge >= 0.3 is 5.97 Å². The Kier molecular flexibility index (Phi) is 3.80. The Balaban J connectivity index is 2.44. The van der Waals surface area contributed by atoms with Crippen molar-refractivity contribution in [1.29, 1.82) is 0 Å². The van der Waals surface area contributed by atoms with Gasteiger partial charge in [0.2, 0.25) is 5.75 Å². The average molecular weight is 267 g/mol. The molecule has 0 unspecified atom stereocenters. The van der Waals surface area contributed by atoms with Gasteiger partial charge in [0.25, 0.3) is 0 Å². The van der Waals surface area contributed by atoms with Crippen molar-refractivity contribution in [1.82, 2.24) is 0 Å². The minimum Gasteiger partial charge on any atom is -0.493 e. The number of carboxylic acid groups (broad SMARTS) is 1. The average Bonchev–Trinajstić information content (AvgIpc) is 2.87. The highest BCUT2D eigenvalue weighted by Crippen LogP contribution is 2.45. The highest BCUT2D eigenvalue weighted by atomic mass is 16.5. The van der Waals surface area contributed by atoms with Gasteiger partial charge in [0.15, 0.2) is 11.5 Å². The molecule has 1 heterocycles. The molecule has 1 atom stereocenters. The third-order valence-electron chi connectivity index (χ3n) is 3.18. The third-order valence-corrected chi connectivity index (χ3v) is 3.18. The van der Waals surface area contributed by atoms with Gasteiger partial charge in [0.1, 0.15) is 6.04 Å². The number of rotatable bonds is 5. The molecular formula is C13H17NO5. The highest BCUT2D eigenvalue weighted by Gasteiger charge is 2.26. The first kappa shape index (κ1) is 13.5. The number of nitrogens with two attached hydrogens (primary N) is 1. The van der Waals surface area contributed by atoms with Crippen molar-refractivity contribution >= 4 is 5.97 Å². The molecule has 0 amide bonds. The first-order chi connectivity index (χ1) is 9.08. The van der Waals surface area contributed by atoms with E-state index in [9.17, 15) is 4.79 Å². The number of hydrogen-bond donors (Lipinski definition) is 2. The van der Waals surface area contributed by atoms with Crippen LogP contribution in [0.25, 0.3) is 0 Å². The highest BCUT2D eigenvalue weighted by molar-refractivity contribution is 5.74. The van der Waals surface area contributed by atoms with Crippen LogP contribution in [0.1, 0.15) is 11.1 Å². The molecule has 1 aliphatic rings. The number of hydrogen-bond acceptors (Lipinski definition) is 5. The summed E-state index contributed by atoms with van der Waals surface area (Å²) in [6, 6.07) is 0.831. The molecule has 0 spiro atoms. The molecule has 0 aromatic heterocycles. The van der Waals surface area contributed by atoms with Crippen molar-refractivity contribution in [2.45, 2.75) is 18.9 Å². The lowest BCUT2D eigenvalue weighted by Crippen LogP contribution is -2.32. The first-order valence-electron chi connectivity index (χ1n) is 5.96. The molecule has 0 bridgehead atoms. The number of aliphatic carboxylic acids is 1. The van der Waals surface area contributed by atoms with Crippen molar-refractivity contribution in [2.75, 3.05) is 20.8 Å². The van der Waals surface area contributed by atoms with Gasteiger partial charge in [-0.2, -0.15) is 0 Å². The lowest BCUT2D eigenvalue weighted by Gasteiger charge is -2.16. The number of carbonyl (C=O) groups is 1. The summed E-state index contributed by atoms with van der Waals surface area (Å²) >= 11 is 0. The zero-order valence-corrected chi connectivity index (χ0v) is 10.9. The van der Waals surface area contributed by atoms with Crippen LogP contribution in [-0.4, -0.2) is 37.9 Å². The second kappa shape index (κ2) is 5.36. The predicted octanol–water partition coefficient (Wildman–Crippen LogP) is 0.593. The summed E-state index contributed by atoms with van der Waals surface area (Å²) in [6.07, 6.45) is 0.957. The van der Waals surface area contributed by atoms with E-state index in [1.165, 1.54) is 7.11 Å². The Hall–Kier alpha value is -1.95. The summed E-state index contributed by atoms with van der Waals surface area (Å²) < 4.78 is 16.1. The Morgan fingerprint density at radius 3 is 2.84 bits per heavy atom. The molecule has 104 valence electrons. The second-order valence-corrected chi connectivity index (χ2v) is 4.33. The molecule has 3 N–H and O–H groups in total. The van der Waals surface area contributed by atoms with Gasteiger partial charge in [-0.05, 0) is 18.1 Å². The Morgan fingerprint density at radius 2 is 2.26 bits per heavy atom. The summed E-state index contributed by atoms with van der Waals surface area (Å²) in [6.45, 7) is 0.550. The van der Waals surface area contributed by atoms with Gasteiger partial charge in [-0.3, -0.25) is 4.79 Å². The fraction of sp³-hybridized carbons (Fsp3) is 0.462. The van der Waals surface area contributed by atoms with E-state index in [0.29, 0.717) is 23.9 Å². The van der Waals surface area contributed by atoms with Gasteiger partial charge in [0.05, 0.1) is 20.8 Å². The van der Waals surface area contributed by atoms with Crippen LogP contribution in [-0.2, 0) is 17.6 Å². The van der Waals surface area contributed by atoms with Gasteiger partial charge in [-0.1, -0.05) is 0 Å². The van der Waals surface area contributed by atoms with Gasteiger partial charge in [-0.15, -0.1) is 0 Å². The maximum Gasteiger partial charge on any atom is 0.320 e. The zero-order chi connectivity index (χ0) is 14.0. The van der Waals surface area contributed by atoms with Crippen molar-refractivity contribution in [3.8, 4) is 17.2 Å². The second-order valence-electron chi connectivity index (χ2n) is 4.33. The van der Waals surface area contributed by atoms with Crippen molar-refractivity contribution in [3.05, 3.63) is 17.2 Å². The molecule has 0 saturated carbocycles. The van der Waals surface area contributed by atoms with Gasteiger partial charge in [0, 0.05) is 12.0 Å². The number of ether oxygens (including phenoxy) is 3. The van der Waals surface area contributed by atoms with E-state index in [0.717, 1.165) is 17.5 Å². The lowest BCUT2D eigenvalue weighted by molar-refractivity contribution is -0.138. The van der Waals surface area contributed by atoms with E-state index in [1.54, 1.807) is 13.2 Å².